The summed E-state index contributed by atoms with van der Waals surface area (Å²) < 4.78 is 0. The first-order valence-electron chi connectivity index (χ1n) is 10.1. The molecule has 0 amide bonds. The van der Waals surface area contributed by atoms with E-state index >= 15 is 0 Å². The lowest BCUT2D eigenvalue weighted by atomic mass is 9.46. The van der Waals surface area contributed by atoms with Gasteiger partial charge in [-0.15, -0.1) is 0 Å². The van der Waals surface area contributed by atoms with E-state index in [0.717, 1.165) is 42.4 Å². The predicted molar refractivity (Wildman–Crippen MR) is 95.0 cm³/mol. The number of allylic oxidation sites excluding steroid dienone is 1. The molecule has 4 aliphatic carbocycles. The van der Waals surface area contributed by atoms with Gasteiger partial charge < -0.3 is 0 Å². The summed E-state index contributed by atoms with van der Waals surface area (Å²) in [4.78, 5) is 11.9. The van der Waals surface area contributed by atoms with E-state index in [2.05, 4.69) is 27.7 Å². The standard InChI is InChI=1S/C22H34O/c1-14(2)18-7-8-19-17-6-5-15-13-16(23)9-11-21(15,3)20(17)10-12-22(18,19)4/h13-14,17-20H,5-12H2,1-4H3/t17?,18?,19?,20?,21-,22+/m0/s1. The number of carbonyl (C=O) groups excluding carboxylic acids is 1. The normalized spacial score (nSPS) is 49.4. The Morgan fingerprint density at radius 2 is 1.78 bits per heavy atom. The second kappa shape index (κ2) is 5.20. The minimum Gasteiger partial charge on any atom is -0.295 e. The van der Waals surface area contributed by atoms with Crippen LogP contribution in [0.1, 0.15) is 79.1 Å². The molecule has 0 spiro atoms. The molecule has 4 rings (SSSR count). The second-order valence-corrected chi connectivity index (χ2v) is 9.94. The Morgan fingerprint density at radius 1 is 1.00 bits per heavy atom. The molecule has 0 aromatic carbocycles. The molecule has 3 fully saturated rings. The number of fused-ring (bicyclic) bond motifs is 5. The van der Waals surface area contributed by atoms with Gasteiger partial charge in [0.2, 0.25) is 0 Å². The number of ketones is 1. The van der Waals surface area contributed by atoms with Crippen molar-refractivity contribution < 1.29 is 4.79 Å². The highest BCUT2D eigenvalue weighted by molar-refractivity contribution is 5.91. The van der Waals surface area contributed by atoms with Gasteiger partial charge in [-0.1, -0.05) is 33.3 Å². The van der Waals surface area contributed by atoms with E-state index in [1.807, 2.05) is 6.08 Å². The minimum absolute atomic E-state index is 0.341. The minimum atomic E-state index is 0.341. The Hall–Kier alpha value is -0.590. The van der Waals surface area contributed by atoms with Gasteiger partial charge >= 0.3 is 0 Å². The molecule has 128 valence electrons. The van der Waals surface area contributed by atoms with Gasteiger partial charge in [0.1, 0.15) is 0 Å². The monoisotopic (exact) mass is 314 g/mol. The fourth-order valence-corrected chi connectivity index (χ4v) is 7.69. The van der Waals surface area contributed by atoms with Crippen LogP contribution in [0.3, 0.4) is 0 Å². The SMILES string of the molecule is CC(C)C1CCC2C3CCC4=CC(=O)CC[C@]4(C)C3CC[C@]12C. The van der Waals surface area contributed by atoms with Crippen molar-refractivity contribution in [1.29, 1.82) is 0 Å². The summed E-state index contributed by atoms with van der Waals surface area (Å²) in [5.74, 6) is 4.88. The Morgan fingerprint density at radius 3 is 2.52 bits per heavy atom. The molecule has 0 bridgehead atoms. The van der Waals surface area contributed by atoms with Gasteiger partial charge in [-0.05, 0) is 91.4 Å². The quantitative estimate of drug-likeness (QED) is 0.598. The fraction of sp³-hybridized carbons (Fsp3) is 0.864. The van der Waals surface area contributed by atoms with Gasteiger partial charge in [0.15, 0.2) is 5.78 Å². The van der Waals surface area contributed by atoms with Gasteiger partial charge in [0.05, 0.1) is 0 Å². The number of rotatable bonds is 1. The van der Waals surface area contributed by atoms with Crippen LogP contribution in [-0.4, -0.2) is 5.78 Å². The van der Waals surface area contributed by atoms with Crippen LogP contribution in [0.2, 0.25) is 0 Å². The van der Waals surface area contributed by atoms with E-state index < -0.39 is 0 Å². The maximum atomic E-state index is 11.9. The van der Waals surface area contributed by atoms with Crippen molar-refractivity contribution in [3.8, 4) is 0 Å². The topological polar surface area (TPSA) is 17.1 Å². The molecule has 0 N–H and O–H groups in total. The molecule has 0 aliphatic heterocycles. The van der Waals surface area contributed by atoms with E-state index in [1.54, 1.807) is 0 Å². The maximum absolute atomic E-state index is 11.9. The number of hydrogen-bond donors (Lipinski definition) is 0. The summed E-state index contributed by atoms with van der Waals surface area (Å²) in [5.41, 5.74) is 2.45. The van der Waals surface area contributed by atoms with E-state index in [-0.39, 0.29) is 0 Å². The van der Waals surface area contributed by atoms with Crippen LogP contribution in [0.5, 0.6) is 0 Å². The zero-order valence-corrected chi connectivity index (χ0v) is 15.5. The Kier molecular flexibility index (Phi) is 3.60. The first-order valence-corrected chi connectivity index (χ1v) is 10.1. The van der Waals surface area contributed by atoms with Crippen molar-refractivity contribution in [2.75, 3.05) is 0 Å². The second-order valence-electron chi connectivity index (χ2n) is 9.94. The lowest BCUT2D eigenvalue weighted by Gasteiger charge is -2.58. The highest BCUT2D eigenvalue weighted by Gasteiger charge is 2.59. The highest BCUT2D eigenvalue weighted by Crippen LogP contribution is 2.67. The van der Waals surface area contributed by atoms with Crippen molar-refractivity contribution in [2.45, 2.75) is 79.1 Å². The van der Waals surface area contributed by atoms with Gasteiger partial charge in [-0.25, -0.2) is 0 Å². The third-order valence-corrected chi connectivity index (χ3v) is 8.84. The molecule has 0 aromatic heterocycles. The largest absolute Gasteiger partial charge is 0.295 e. The summed E-state index contributed by atoms with van der Waals surface area (Å²) in [5, 5.41) is 0. The van der Waals surface area contributed by atoms with Crippen LogP contribution in [-0.2, 0) is 4.79 Å². The molecular weight excluding hydrogens is 280 g/mol. The van der Waals surface area contributed by atoms with Crippen molar-refractivity contribution >= 4 is 5.78 Å². The van der Waals surface area contributed by atoms with E-state index in [0.29, 0.717) is 16.6 Å². The number of hydrogen-bond acceptors (Lipinski definition) is 1. The van der Waals surface area contributed by atoms with E-state index in [9.17, 15) is 4.79 Å². The molecule has 4 aliphatic rings. The van der Waals surface area contributed by atoms with Gasteiger partial charge in [-0.2, -0.15) is 0 Å². The Balaban J connectivity index is 1.66. The molecule has 0 radical (unpaired) electrons. The van der Waals surface area contributed by atoms with E-state index in [1.165, 1.54) is 44.1 Å². The lowest BCUT2D eigenvalue weighted by molar-refractivity contribution is -0.117. The van der Waals surface area contributed by atoms with Gasteiger partial charge in [0, 0.05) is 6.42 Å². The zero-order valence-electron chi connectivity index (χ0n) is 15.5. The number of carbonyl (C=O) groups is 1. The zero-order chi connectivity index (χ0) is 16.4. The van der Waals surface area contributed by atoms with Crippen molar-refractivity contribution in [3.05, 3.63) is 11.6 Å². The van der Waals surface area contributed by atoms with Crippen LogP contribution in [0.15, 0.2) is 11.6 Å². The van der Waals surface area contributed by atoms with Crippen molar-refractivity contribution in [2.24, 2.45) is 40.4 Å². The average Bonchev–Trinajstić information content (AvgIpc) is 2.85. The predicted octanol–water partition coefficient (Wildman–Crippen LogP) is 5.79. The van der Waals surface area contributed by atoms with Crippen LogP contribution in [0.4, 0.5) is 0 Å². The van der Waals surface area contributed by atoms with Crippen molar-refractivity contribution in [1.82, 2.24) is 0 Å². The molecule has 0 aromatic rings. The van der Waals surface area contributed by atoms with Gasteiger partial charge in [0.25, 0.3) is 0 Å². The molecule has 0 saturated heterocycles. The van der Waals surface area contributed by atoms with E-state index in [4.69, 9.17) is 0 Å². The highest BCUT2D eigenvalue weighted by atomic mass is 16.1. The summed E-state index contributed by atoms with van der Waals surface area (Å²) >= 11 is 0. The molecule has 0 heterocycles. The van der Waals surface area contributed by atoms with Crippen LogP contribution in [0, 0.1) is 40.4 Å². The maximum Gasteiger partial charge on any atom is 0.155 e. The van der Waals surface area contributed by atoms with Crippen LogP contribution < -0.4 is 0 Å². The third-order valence-electron chi connectivity index (χ3n) is 8.84. The van der Waals surface area contributed by atoms with Crippen LogP contribution >= 0.6 is 0 Å². The third kappa shape index (κ3) is 2.14. The lowest BCUT2D eigenvalue weighted by Crippen LogP contribution is -2.50. The van der Waals surface area contributed by atoms with Crippen molar-refractivity contribution in [3.63, 3.8) is 0 Å². The molecule has 1 heteroatoms. The Bertz CT molecular complexity index is 544. The summed E-state index contributed by atoms with van der Waals surface area (Å²) in [7, 11) is 0. The fourth-order valence-electron chi connectivity index (χ4n) is 7.69. The Labute approximate surface area is 142 Å². The summed E-state index contributed by atoms with van der Waals surface area (Å²) in [6.07, 6.45) is 12.3. The molecule has 1 nitrogen and oxygen atoms in total. The molecule has 4 unspecified atom stereocenters. The summed E-state index contributed by atoms with van der Waals surface area (Å²) in [6.45, 7) is 10.0. The first-order chi connectivity index (χ1) is 10.9. The molecule has 6 atom stereocenters. The average molecular weight is 315 g/mol. The smallest absolute Gasteiger partial charge is 0.155 e. The molecular formula is C22H34O. The molecule has 23 heavy (non-hydrogen) atoms. The van der Waals surface area contributed by atoms with Gasteiger partial charge in [-0.3, -0.25) is 4.79 Å². The van der Waals surface area contributed by atoms with Crippen LogP contribution in [0.25, 0.3) is 0 Å². The molecule has 3 saturated carbocycles. The summed E-state index contributed by atoms with van der Waals surface area (Å²) in [6, 6.07) is 0. The first kappa shape index (κ1) is 15.9.